The zero-order valence-corrected chi connectivity index (χ0v) is 18.0. The average Bonchev–Trinajstić information content (AvgIpc) is 2.85. The lowest BCUT2D eigenvalue weighted by molar-refractivity contribution is -0.0498. The molecule has 1 fully saturated rings. The number of rotatable bonds is 7. The van der Waals surface area contributed by atoms with Gasteiger partial charge in [-0.2, -0.15) is 13.8 Å². The van der Waals surface area contributed by atoms with Crippen molar-refractivity contribution in [2.24, 2.45) is 0 Å². The summed E-state index contributed by atoms with van der Waals surface area (Å²) in [5.41, 5.74) is 0.811. The molecule has 2 aromatic heterocycles. The number of halogens is 3. The SMILES string of the molecule is CNC(=O)c1nnc(Nc2nc(N3CCOCC3)ncc2F)cc1-c1ccc(OC(F)F)cc1. The third kappa shape index (κ3) is 5.31. The fourth-order valence-electron chi connectivity index (χ4n) is 3.26. The molecule has 178 valence electrons. The van der Waals surface area contributed by atoms with Crippen LogP contribution in [0, 0.1) is 5.82 Å². The normalized spacial score (nSPS) is 13.6. The fraction of sp³-hybridized carbons (Fsp3) is 0.286. The monoisotopic (exact) mass is 475 g/mol. The van der Waals surface area contributed by atoms with Crippen LogP contribution < -0.4 is 20.3 Å². The quantitative estimate of drug-likeness (QED) is 0.532. The fourth-order valence-corrected chi connectivity index (χ4v) is 3.26. The highest BCUT2D eigenvalue weighted by molar-refractivity contribution is 5.99. The Kier molecular flexibility index (Phi) is 7.01. The van der Waals surface area contributed by atoms with Crippen LogP contribution >= 0.6 is 0 Å². The summed E-state index contributed by atoms with van der Waals surface area (Å²) in [6, 6.07) is 7.14. The Morgan fingerprint density at radius 3 is 2.59 bits per heavy atom. The highest BCUT2D eigenvalue weighted by Gasteiger charge is 2.19. The van der Waals surface area contributed by atoms with Crippen molar-refractivity contribution < 1.29 is 27.4 Å². The molecule has 3 aromatic rings. The van der Waals surface area contributed by atoms with E-state index in [1.54, 1.807) is 0 Å². The van der Waals surface area contributed by atoms with Gasteiger partial charge in [-0.15, -0.1) is 10.2 Å². The van der Waals surface area contributed by atoms with Gasteiger partial charge in [-0.3, -0.25) is 4.79 Å². The van der Waals surface area contributed by atoms with Crippen molar-refractivity contribution in [2.45, 2.75) is 6.61 Å². The van der Waals surface area contributed by atoms with Gasteiger partial charge < -0.3 is 25.0 Å². The van der Waals surface area contributed by atoms with Crippen LogP contribution in [0.1, 0.15) is 10.5 Å². The number of benzene rings is 1. The summed E-state index contributed by atoms with van der Waals surface area (Å²) in [7, 11) is 1.43. The summed E-state index contributed by atoms with van der Waals surface area (Å²) < 4.78 is 49.0. The Bertz CT molecular complexity index is 1160. The molecular weight excluding hydrogens is 455 g/mol. The first-order chi connectivity index (χ1) is 16.4. The van der Waals surface area contributed by atoms with Crippen LogP contribution in [0.2, 0.25) is 0 Å². The van der Waals surface area contributed by atoms with E-state index in [2.05, 4.69) is 35.5 Å². The smallest absolute Gasteiger partial charge is 0.387 e. The number of morpholine rings is 1. The molecule has 1 aliphatic heterocycles. The second-order valence-corrected chi connectivity index (χ2v) is 7.06. The predicted octanol–water partition coefficient (Wildman–Crippen LogP) is 2.61. The van der Waals surface area contributed by atoms with Crippen molar-refractivity contribution in [3.8, 4) is 16.9 Å². The molecule has 0 radical (unpaired) electrons. The van der Waals surface area contributed by atoms with E-state index in [4.69, 9.17) is 4.74 Å². The van der Waals surface area contributed by atoms with E-state index in [1.165, 1.54) is 37.4 Å². The first kappa shape index (κ1) is 23.2. The first-order valence-corrected chi connectivity index (χ1v) is 10.2. The third-order valence-electron chi connectivity index (χ3n) is 4.90. The maximum atomic E-state index is 14.4. The highest BCUT2D eigenvalue weighted by atomic mass is 19.3. The molecule has 1 aliphatic rings. The van der Waals surface area contributed by atoms with Crippen LogP contribution in [-0.2, 0) is 4.74 Å². The standard InChI is InChI=1S/C21H20F3N7O3/c1-25-19(32)17-14(12-2-4-13(5-3-12)34-20(23)24)10-16(29-30-17)27-18-15(22)11-26-21(28-18)31-6-8-33-9-7-31/h2-5,10-11,20H,6-9H2,1H3,(H,25,32)(H,26,27,28,29). The second kappa shape index (κ2) is 10.3. The van der Waals surface area contributed by atoms with E-state index in [0.717, 1.165) is 6.20 Å². The number of carbonyl (C=O) groups is 1. The van der Waals surface area contributed by atoms with Crippen LogP contribution in [0.5, 0.6) is 5.75 Å². The molecule has 0 bridgehead atoms. The molecule has 4 rings (SSSR count). The predicted molar refractivity (Wildman–Crippen MR) is 116 cm³/mol. The first-order valence-electron chi connectivity index (χ1n) is 10.2. The van der Waals surface area contributed by atoms with Crippen LogP contribution in [0.25, 0.3) is 11.1 Å². The molecule has 34 heavy (non-hydrogen) atoms. The highest BCUT2D eigenvalue weighted by Crippen LogP contribution is 2.28. The maximum absolute atomic E-state index is 14.4. The van der Waals surface area contributed by atoms with E-state index in [1.807, 2.05) is 4.90 Å². The molecule has 13 heteroatoms. The van der Waals surface area contributed by atoms with Gasteiger partial charge in [0.25, 0.3) is 5.91 Å². The molecule has 3 heterocycles. The Hall–Kier alpha value is -4.00. The topological polar surface area (TPSA) is 114 Å². The summed E-state index contributed by atoms with van der Waals surface area (Å²) in [5, 5.41) is 13.2. The van der Waals surface area contributed by atoms with Gasteiger partial charge in [-0.25, -0.2) is 9.37 Å². The lowest BCUT2D eigenvalue weighted by atomic mass is 10.0. The maximum Gasteiger partial charge on any atom is 0.387 e. The molecule has 0 spiro atoms. The van der Waals surface area contributed by atoms with Gasteiger partial charge in [0.2, 0.25) is 5.95 Å². The molecule has 0 saturated carbocycles. The number of alkyl halides is 2. The Balaban J connectivity index is 1.65. The number of hydrogen-bond donors (Lipinski definition) is 2. The number of nitrogens with zero attached hydrogens (tertiary/aromatic N) is 5. The minimum atomic E-state index is -2.96. The number of nitrogens with one attached hydrogen (secondary N) is 2. The summed E-state index contributed by atoms with van der Waals surface area (Å²) in [6.07, 6.45) is 1.05. The van der Waals surface area contributed by atoms with Crippen molar-refractivity contribution >= 4 is 23.5 Å². The van der Waals surface area contributed by atoms with Crippen molar-refractivity contribution in [2.75, 3.05) is 43.6 Å². The van der Waals surface area contributed by atoms with Gasteiger partial charge in [0.1, 0.15) is 5.75 Å². The third-order valence-corrected chi connectivity index (χ3v) is 4.90. The molecule has 1 amide bonds. The average molecular weight is 475 g/mol. The van der Waals surface area contributed by atoms with Crippen molar-refractivity contribution in [3.63, 3.8) is 0 Å². The number of anilines is 3. The van der Waals surface area contributed by atoms with E-state index >= 15 is 0 Å². The zero-order chi connectivity index (χ0) is 24.1. The summed E-state index contributed by atoms with van der Waals surface area (Å²) in [6.45, 7) is -0.792. The summed E-state index contributed by atoms with van der Waals surface area (Å²) in [4.78, 5) is 22.5. The van der Waals surface area contributed by atoms with Gasteiger partial charge in [0.05, 0.1) is 19.4 Å². The lowest BCUT2D eigenvalue weighted by Crippen LogP contribution is -2.37. The van der Waals surface area contributed by atoms with Crippen LogP contribution in [0.15, 0.2) is 36.5 Å². The Labute approximate surface area is 192 Å². The van der Waals surface area contributed by atoms with E-state index in [9.17, 15) is 18.0 Å². The summed E-state index contributed by atoms with van der Waals surface area (Å²) >= 11 is 0. The Morgan fingerprint density at radius 2 is 1.91 bits per heavy atom. The number of amides is 1. The van der Waals surface area contributed by atoms with Gasteiger partial charge in [0.15, 0.2) is 23.1 Å². The molecule has 2 N–H and O–H groups in total. The molecule has 0 atom stereocenters. The number of carbonyl (C=O) groups excluding carboxylic acids is 1. The molecule has 1 aromatic carbocycles. The summed E-state index contributed by atoms with van der Waals surface area (Å²) in [5.74, 6) is -0.934. The van der Waals surface area contributed by atoms with Crippen molar-refractivity contribution in [3.05, 3.63) is 48.0 Å². The largest absolute Gasteiger partial charge is 0.435 e. The van der Waals surface area contributed by atoms with Crippen molar-refractivity contribution in [1.29, 1.82) is 0 Å². The molecule has 10 nitrogen and oxygen atoms in total. The lowest BCUT2D eigenvalue weighted by Gasteiger charge is -2.26. The van der Waals surface area contributed by atoms with Gasteiger partial charge >= 0.3 is 6.61 Å². The van der Waals surface area contributed by atoms with E-state index < -0.39 is 18.3 Å². The van der Waals surface area contributed by atoms with E-state index in [-0.39, 0.29) is 23.1 Å². The number of hydrogen-bond acceptors (Lipinski definition) is 9. The molecule has 1 saturated heterocycles. The van der Waals surface area contributed by atoms with Gasteiger partial charge in [0, 0.05) is 25.7 Å². The minimum absolute atomic E-state index is 0.00672. The number of ether oxygens (including phenoxy) is 2. The zero-order valence-electron chi connectivity index (χ0n) is 18.0. The van der Waals surface area contributed by atoms with Crippen LogP contribution in [0.3, 0.4) is 0 Å². The van der Waals surface area contributed by atoms with Crippen molar-refractivity contribution in [1.82, 2.24) is 25.5 Å². The van der Waals surface area contributed by atoms with Gasteiger partial charge in [-0.05, 0) is 23.8 Å². The molecule has 0 unspecified atom stereocenters. The Morgan fingerprint density at radius 1 is 1.18 bits per heavy atom. The van der Waals surface area contributed by atoms with Crippen LogP contribution in [0.4, 0.5) is 30.8 Å². The number of aromatic nitrogens is 4. The van der Waals surface area contributed by atoms with E-state index in [0.29, 0.717) is 43.4 Å². The second-order valence-electron chi connectivity index (χ2n) is 7.06. The van der Waals surface area contributed by atoms with Crippen LogP contribution in [-0.4, -0.2) is 66.0 Å². The minimum Gasteiger partial charge on any atom is -0.435 e. The van der Waals surface area contributed by atoms with Gasteiger partial charge in [-0.1, -0.05) is 12.1 Å². The molecule has 0 aliphatic carbocycles. The molecular formula is C21H20F3N7O3.